The van der Waals surface area contributed by atoms with Crippen molar-refractivity contribution < 1.29 is 9.53 Å². The zero-order valence-corrected chi connectivity index (χ0v) is 13.3. The van der Waals surface area contributed by atoms with Crippen LogP contribution in [0.3, 0.4) is 0 Å². The van der Waals surface area contributed by atoms with Gasteiger partial charge in [-0.15, -0.1) is 0 Å². The van der Waals surface area contributed by atoms with Crippen LogP contribution >= 0.6 is 0 Å². The molecule has 1 aromatic heterocycles. The van der Waals surface area contributed by atoms with Crippen LogP contribution in [0.1, 0.15) is 28.2 Å². The van der Waals surface area contributed by atoms with E-state index in [0.29, 0.717) is 25.4 Å². The Morgan fingerprint density at radius 3 is 2.83 bits per heavy atom. The van der Waals surface area contributed by atoms with Crippen molar-refractivity contribution in [1.82, 2.24) is 14.9 Å². The Balaban J connectivity index is 1.57. The van der Waals surface area contributed by atoms with Crippen molar-refractivity contribution in [3.63, 3.8) is 0 Å². The number of amides is 1. The van der Waals surface area contributed by atoms with Crippen molar-refractivity contribution >= 4 is 5.91 Å². The molecule has 3 rings (SSSR count). The van der Waals surface area contributed by atoms with E-state index in [-0.39, 0.29) is 12.0 Å². The minimum absolute atomic E-state index is 0.0643. The minimum atomic E-state index is -0.0643. The van der Waals surface area contributed by atoms with E-state index in [1.165, 1.54) is 5.56 Å². The number of hydrogen-bond donors (Lipinski definition) is 0. The van der Waals surface area contributed by atoms with Crippen molar-refractivity contribution in [2.75, 3.05) is 19.7 Å². The van der Waals surface area contributed by atoms with Gasteiger partial charge in [-0.2, -0.15) is 0 Å². The molecular formula is C18H21N3O2. The van der Waals surface area contributed by atoms with E-state index in [2.05, 4.69) is 22.1 Å². The second-order valence-corrected chi connectivity index (χ2v) is 5.81. The van der Waals surface area contributed by atoms with Crippen molar-refractivity contribution in [2.24, 2.45) is 0 Å². The summed E-state index contributed by atoms with van der Waals surface area (Å²) in [5.41, 5.74) is 2.51. The first-order chi connectivity index (χ1) is 11.2. The fourth-order valence-electron chi connectivity index (χ4n) is 2.72. The SMILES string of the molecule is Cc1cnc(C(=O)N2CCO[C@H](CCc3ccccc3)C2)cn1. The molecule has 0 aliphatic carbocycles. The first-order valence-electron chi connectivity index (χ1n) is 7.96. The number of nitrogens with zero attached hydrogens (tertiary/aromatic N) is 3. The normalized spacial score (nSPS) is 18.0. The van der Waals surface area contributed by atoms with E-state index in [1.807, 2.05) is 30.0 Å². The Kier molecular flexibility index (Phi) is 4.98. The molecule has 2 aromatic rings. The van der Waals surface area contributed by atoms with Crippen molar-refractivity contribution in [1.29, 1.82) is 0 Å². The van der Waals surface area contributed by atoms with Crippen molar-refractivity contribution in [3.05, 3.63) is 59.7 Å². The van der Waals surface area contributed by atoms with Gasteiger partial charge in [-0.3, -0.25) is 9.78 Å². The van der Waals surface area contributed by atoms with Gasteiger partial charge in [0.2, 0.25) is 0 Å². The van der Waals surface area contributed by atoms with Gasteiger partial charge in [0.05, 0.1) is 24.6 Å². The third-order valence-electron chi connectivity index (χ3n) is 4.02. The van der Waals surface area contributed by atoms with Gasteiger partial charge >= 0.3 is 0 Å². The summed E-state index contributed by atoms with van der Waals surface area (Å²) in [6.45, 7) is 3.65. The highest BCUT2D eigenvalue weighted by Crippen LogP contribution is 2.14. The minimum Gasteiger partial charge on any atom is -0.375 e. The van der Waals surface area contributed by atoms with Gasteiger partial charge in [0.15, 0.2) is 0 Å². The van der Waals surface area contributed by atoms with E-state index >= 15 is 0 Å². The Hall–Kier alpha value is -2.27. The molecule has 120 valence electrons. The molecule has 5 heteroatoms. The number of hydrogen-bond acceptors (Lipinski definition) is 4. The Morgan fingerprint density at radius 2 is 2.09 bits per heavy atom. The number of aromatic nitrogens is 2. The van der Waals surface area contributed by atoms with Gasteiger partial charge in [-0.25, -0.2) is 4.98 Å². The maximum Gasteiger partial charge on any atom is 0.274 e. The standard InChI is InChI=1S/C18H21N3O2/c1-14-11-20-17(12-19-14)18(22)21-9-10-23-16(13-21)8-7-15-5-3-2-4-6-15/h2-6,11-12,16H,7-10,13H2,1H3/t16-/m1/s1. The number of carbonyl (C=O) groups is 1. The van der Waals surface area contributed by atoms with Gasteiger partial charge in [0, 0.05) is 19.3 Å². The lowest BCUT2D eigenvalue weighted by Gasteiger charge is -2.32. The second kappa shape index (κ2) is 7.33. The van der Waals surface area contributed by atoms with E-state index < -0.39 is 0 Å². The lowest BCUT2D eigenvalue weighted by atomic mass is 10.1. The Bertz CT molecular complexity index is 643. The van der Waals surface area contributed by atoms with Gasteiger partial charge < -0.3 is 9.64 Å². The summed E-state index contributed by atoms with van der Waals surface area (Å²) in [7, 11) is 0. The molecule has 23 heavy (non-hydrogen) atoms. The molecule has 0 radical (unpaired) electrons. The van der Waals surface area contributed by atoms with E-state index in [4.69, 9.17) is 4.74 Å². The molecule has 2 heterocycles. The molecule has 0 N–H and O–H groups in total. The summed E-state index contributed by atoms with van der Waals surface area (Å²) in [5, 5.41) is 0. The molecule has 0 saturated carbocycles. The molecule has 1 fully saturated rings. The lowest BCUT2D eigenvalue weighted by Crippen LogP contribution is -2.46. The average molecular weight is 311 g/mol. The van der Waals surface area contributed by atoms with Crippen LogP contribution in [0.25, 0.3) is 0 Å². The first-order valence-corrected chi connectivity index (χ1v) is 7.96. The van der Waals surface area contributed by atoms with Crippen LogP contribution in [0.2, 0.25) is 0 Å². The summed E-state index contributed by atoms with van der Waals surface area (Å²) in [5.74, 6) is -0.0643. The summed E-state index contributed by atoms with van der Waals surface area (Å²) in [6.07, 6.45) is 5.11. The third kappa shape index (κ3) is 4.13. The third-order valence-corrected chi connectivity index (χ3v) is 4.02. The monoisotopic (exact) mass is 311 g/mol. The molecule has 1 aromatic carbocycles. The Morgan fingerprint density at radius 1 is 1.26 bits per heavy atom. The maximum absolute atomic E-state index is 12.5. The smallest absolute Gasteiger partial charge is 0.274 e. The summed E-state index contributed by atoms with van der Waals surface area (Å²) in [6, 6.07) is 10.3. The predicted molar refractivity (Wildman–Crippen MR) is 87.2 cm³/mol. The van der Waals surface area contributed by atoms with Crippen LogP contribution < -0.4 is 0 Å². The molecule has 1 atom stereocenters. The van der Waals surface area contributed by atoms with Gasteiger partial charge in [-0.05, 0) is 25.3 Å². The van der Waals surface area contributed by atoms with Gasteiger partial charge in [0.25, 0.3) is 5.91 Å². The van der Waals surface area contributed by atoms with Crippen molar-refractivity contribution in [3.8, 4) is 0 Å². The van der Waals surface area contributed by atoms with Gasteiger partial charge in [-0.1, -0.05) is 30.3 Å². The van der Waals surface area contributed by atoms with Crippen LogP contribution in [0, 0.1) is 6.92 Å². The molecule has 1 saturated heterocycles. The lowest BCUT2D eigenvalue weighted by molar-refractivity contribution is -0.0248. The van der Waals surface area contributed by atoms with Crippen LogP contribution in [0.5, 0.6) is 0 Å². The van der Waals surface area contributed by atoms with Crippen LogP contribution in [0.4, 0.5) is 0 Å². The number of ether oxygens (including phenoxy) is 1. The summed E-state index contributed by atoms with van der Waals surface area (Å²) in [4.78, 5) is 22.6. The second-order valence-electron chi connectivity index (χ2n) is 5.81. The van der Waals surface area contributed by atoms with Crippen molar-refractivity contribution in [2.45, 2.75) is 25.9 Å². The molecular weight excluding hydrogens is 290 g/mol. The molecule has 1 aliphatic heterocycles. The number of carbonyl (C=O) groups excluding carboxylic acids is 1. The Labute approximate surface area is 136 Å². The predicted octanol–water partition coefficient (Wildman–Crippen LogP) is 2.26. The molecule has 0 bridgehead atoms. The summed E-state index contributed by atoms with van der Waals surface area (Å²) >= 11 is 0. The maximum atomic E-state index is 12.5. The summed E-state index contributed by atoms with van der Waals surface area (Å²) < 4.78 is 5.81. The van der Waals surface area contributed by atoms with E-state index in [9.17, 15) is 4.79 Å². The topological polar surface area (TPSA) is 55.3 Å². The largest absolute Gasteiger partial charge is 0.375 e. The highest BCUT2D eigenvalue weighted by Gasteiger charge is 2.25. The zero-order valence-electron chi connectivity index (χ0n) is 13.3. The first kappa shape index (κ1) is 15.6. The number of benzene rings is 1. The molecule has 0 spiro atoms. The zero-order chi connectivity index (χ0) is 16.1. The quantitative estimate of drug-likeness (QED) is 0.869. The number of aryl methyl sites for hydroxylation is 2. The highest BCUT2D eigenvalue weighted by atomic mass is 16.5. The number of morpholine rings is 1. The van der Waals surface area contributed by atoms with Crippen LogP contribution in [-0.2, 0) is 11.2 Å². The molecule has 1 amide bonds. The van der Waals surface area contributed by atoms with Gasteiger partial charge in [0.1, 0.15) is 5.69 Å². The molecule has 0 unspecified atom stereocenters. The fourth-order valence-corrected chi connectivity index (χ4v) is 2.72. The highest BCUT2D eigenvalue weighted by molar-refractivity contribution is 5.92. The number of rotatable bonds is 4. The van der Waals surface area contributed by atoms with E-state index in [0.717, 1.165) is 18.5 Å². The molecule has 1 aliphatic rings. The van der Waals surface area contributed by atoms with Crippen LogP contribution in [-0.4, -0.2) is 46.6 Å². The fraction of sp³-hybridized carbons (Fsp3) is 0.389. The average Bonchev–Trinajstić information content (AvgIpc) is 2.61. The van der Waals surface area contributed by atoms with E-state index in [1.54, 1.807) is 12.4 Å². The van der Waals surface area contributed by atoms with Crippen LogP contribution in [0.15, 0.2) is 42.7 Å². The molecule has 5 nitrogen and oxygen atoms in total.